The zero-order valence-electron chi connectivity index (χ0n) is 14.0. The van der Waals surface area contributed by atoms with Crippen molar-refractivity contribution in [1.82, 2.24) is 10.5 Å². The predicted molar refractivity (Wildman–Crippen MR) is 101 cm³/mol. The fraction of sp³-hybridized carbons (Fsp3) is 0.0476. The van der Waals surface area contributed by atoms with E-state index < -0.39 is 5.91 Å². The van der Waals surface area contributed by atoms with Gasteiger partial charge in [0, 0.05) is 29.6 Å². The summed E-state index contributed by atoms with van der Waals surface area (Å²) < 4.78 is 0. The van der Waals surface area contributed by atoms with Crippen LogP contribution in [0.5, 0.6) is 0 Å². The summed E-state index contributed by atoms with van der Waals surface area (Å²) >= 11 is 0. The Kier molecular flexibility index (Phi) is 4.21. The molecule has 2 aromatic carbocycles. The first-order valence-electron chi connectivity index (χ1n) is 8.29. The van der Waals surface area contributed by atoms with Gasteiger partial charge < -0.3 is 4.90 Å². The number of nitrogens with one attached hydrogen (secondary N) is 1. The number of carbonyl (C=O) groups excluding carboxylic acids is 1. The number of carbonyl (C=O) groups is 1. The van der Waals surface area contributed by atoms with E-state index in [4.69, 9.17) is 5.21 Å². The van der Waals surface area contributed by atoms with E-state index in [0.717, 1.165) is 28.2 Å². The van der Waals surface area contributed by atoms with Gasteiger partial charge in [0.25, 0.3) is 5.91 Å². The fourth-order valence-electron chi connectivity index (χ4n) is 3.10. The third-order valence-electron chi connectivity index (χ3n) is 4.40. The molecule has 0 atom stereocenters. The number of hydrogen-bond donors (Lipinski definition) is 2. The Morgan fingerprint density at radius 1 is 0.962 bits per heavy atom. The first-order chi connectivity index (χ1) is 12.8. The summed E-state index contributed by atoms with van der Waals surface area (Å²) in [6.45, 7) is 0.615. The number of rotatable bonds is 3. The van der Waals surface area contributed by atoms with Crippen LogP contribution in [0.25, 0.3) is 12.2 Å². The SMILES string of the molecule is O=C(NO)c1ccc(CN2c3ccccc3C=Cc3cccnc32)cc1. The Hall–Kier alpha value is -3.44. The lowest BCUT2D eigenvalue weighted by atomic mass is 10.1. The van der Waals surface area contributed by atoms with E-state index in [2.05, 4.69) is 34.2 Å². The van der Waals surface area contributed by atoms with Gasteiger partial charge in [0.05, 0.1) is 0 Å². The normalized spacial score (nSPS) is 12.1. The Labute approximate surface area is 151 Å². The molecular formula is C21H17N3O2. The van der Waals surface area contributed by atoms with Crippen molar-refractivity contribution >= 4 is 29.6 Å². The summed E-state index contributed by atoms with van der Waals surface area (Å²) in [6, 6.07) is 19.3. The van der Waals surface area contributed by atoms with Crippen LogP contribution in [0.3, 0.4) is 0 Å². The molecule has 1 aliphatic rings. The molecule has 0 saturated carbocycles. The molecule has 0 unspecified atom stereocenters. The van der Waals surface area contributed by atoms with Crippen molar-refractivity contribution in [3.05, 3.63) is 89.1 Å². The summed E-state index contributed by atoms with van der Waals surface area (Å²) in [6.07, 6.45) is 5.97. The molecular weight excluding hydrogens is 326 g/mol. The maximum atomic E-state index is 11.5. The highest BCUT2D eigenvalue weighted by atomic mass is 16.5. The molecule has 0 aliphatic carbocycles. The summed E-state index contributed by atoms with van der Waals surface area (Å²) in [5.74, 6) is 0.374. The van der Waals surface area contributed by atoms with Crippen molar-refractivity contribution < 1.29 is 10.0 Å². The topological polar surface area (TPSA) is 65.5 Å². The van der Waals surface area contributed by atoms with Gasteiger partial charge >= 0.3 is 0 Å². The molecule has 128 valence electrons. The van der Waals surface area contributed by atoms with E-state index in [0.29, 0.717) is 12.1 Å². The fourth-order valence-corrected chi connectivity index (χ4v) is 3.10. The van der Waals surface area contributed by atoms with Gasteiger partial charge in [0.15, 0.2) is 0 Å². The van der Waals surface area contributed by atoms with Gasteiger partial charge in [-0.3, -0.25) is 10.0 Å². The molecule has 5 nitrogen and oxygen atoms in total. The lowest BCUT2D eigenvalue weighted by Crippen LogP contribution is -2.20. The Bertz CT molecular complexity index is 931. The van der Waals surface area contributed by atoms with Crippen molar-refractivity contribution in [2.75, 3.05) is 4.90 Å². The quantitative estimate of drug-likeness (QED) is 0.557. The Morgan fingerprint density at radius 3 is 2.50 bits per heavy atom. The van der Waals surface area contributed by atoms with Crippen LogP contribution in [0.1, 0.15) is 27.0 Å². The minimum Gasteiger partial charge on any atom is -0.321 e. The smallest absolute Gasteiger partial charge is 0.274 e. The zero-order chi connectivity index (χ0) is 17.9. The van der Waals surface area contributed by atoms with Crippen molar-refractivity contribution in [2.24, 2.45) is 0 Å². The van der Waals surface area contributed by atoms with E-state index in [1.807, 2.05) is 36.4 Å². The van der Waals surface area contributed by atoms with Crippen molar-refractivity contribution in [3.63, 3.8) is 0 Å². The standard InChI is InChI=1S/C21H17N3O2/c25-21(23-26)18-9-7-15(8-10-18)14-24-19-6-2-1-4-16(19)11-12-17-5-3-13-22-20(17)24/h1-13,26H,14H2,(H,23,25). The number of nitrogens with zero attached hydrogens (tertiary/aromatic N) is 2. The highest BCUT2D eigenvalue weighted by Gasteiger charge is 2.19. The number of benzene rings is 2. The number of anilines is 2. The van der Waals surface area contributed by atoms with Gasteiger partial charge in [-0.25, -0.2) is 10.5 Å². The molecule has 0 fully saturated rings. The first-order valence-corrected chi connectivity index (χ1v) is 8.29. The van der Waals surface area contributed by atoms with Crippen LogP contribution in [-0.4, -0.2) is 16.1 Å². The maximum Gasteiger partial charge on any atom is 0.274 e. The Balaban J connectivity index is 1.74. The number of amides is 1. The average Bonchev–Trinajstić information content (AvgIpc) is 2.86. The molecule has 1 aliphatic heterocycles. The molecule has 0 spiro atoms. The van der Waals surface area contributed by atoms with Gasteiger partial charge in [0.2, 0.25) is 0 Å². The molecule has 2 N–H and O–H groups in total. The van der Waals surface area contributed by atoms with Crippen molar-refractivity contribution in [2.45, 2.75) is 6.54 Å². The molecule has 0 saturated heterocycles. The van der Waals surface area contributed by atoms with E-state index in [1.54, 1.807) is 23.8 Å². The average molecular weight is 343 g/mol. The van der Waals surface area contributed by atoms with E-state index >= 15 is 0 Å². The second-order valence-corrected chi connectivity index (χ2v) is 6.03. The van der Waals surface area contributed by atoms with Crippen LogP contribution in [0.15, 0.2) is 66.9 Å². The van der Waals surface area contributed by atoms with Gasteiger partial charge in [-0.2, -0.15) is 0 Å². The third kappa shape index (κ3) is 2.96. The van der Waals surface area contributed by atoms with Gasteiger partial charge in [-0.1, -0.05) is 42.5 Å². The predicted octanol–water partition coefficient (Wildman–Crippen LogP) is 4.02. The van der Waals surface area contributed by atoms with Crippen LogP contribution in [0, 0.1) is 0 Å². The molecule has 26 heavy (non-hydrogen) atoms. The van der Waals surface area contributed by atoms with Crippen molar-refractivity contribution in [1.29, 1.82) is 0 Å². The van der Waals surface area contributed by atoms with Crippen molar-refractivity contribution in [3.8, 4) is 0 Å². The summed E-state index contributed by atoms with van der Waals surface area (Å²) in [4.78, 5) is 18.3. The number of pyridine rings is 1. The zero-order valence-corrected chi connectivity index (χ0v) is 14.0. The molecule has 4 rings (SSSR count). The van der Waals surface area contributed by atoms with E-state index in [-0.39, 0.29) is 0 Å². The van der Waals surface area contributed by atoms with Gasteiger partial charge in [-0.05, 0) is 41.5 Å². The summed E-state index contributed by atoms with van der Waals surface area (Å²) in [7, 11) is 0. The molecule has 1 aromatic heterocycles. The summed E-state index contributed by atoms with van der Waals surface area (Å²) in [5, 5.41) is 8.75. The lowest BCUT2D eigenvalue weighted by Gasteiger charge is -2.26. The number of aromatic nitrogens is 1. The largest absolute Gasteiger partial charge is 0.321 e. The van der Waals surface area contributed by atoms with Crippen LogP contribution in [-0.2, 0) is 6.54 Å². The second-order valence-electron chi connectivity index (χ2n) is 6.03. The third-order valence-corrected chi connectivity index (χ3v) is 4.40. The van der Waals surface area contributed by atoms with Crippen LogP contribution < -0.4 is 10.4 Å². The minimum absolute atomic E-state index is 0.410. The first kappa shape index (κ1) is 16.1. The lowest BCUT2D eigenvalue weighted by molar-refractivity contribution is 0.0706. The second kappa shape index (κ2) is 6.82. The Morgan fingerprint density at radius 2 is 1.69 bits per heavy atom. The number of fused-ring (bicyclic) bond motifs is 2. The number of para-hydroxylation sites is 1. The minimum atomic E-state index is -0.520. The van der Waals surface area contributed by atoms with Gasteiger partial charge in [0.1, 0.15) is 5.82 Å². The van der Waals surface area contributed by atoms with Gasteiger partial charge in [-0.15, -0.1) is 0 Å². The molecule has 0 bridgehead atoms. The molecule has 5 heteroatoms. The highest BCUT2D eigenvalue weighted by Crippen LogP contribution is 2.35. The number of hydroxylamine groups is 1. The molecule has 3 aromatic rings. The maximum absolute atomic E-state index is 11.5. The molecule has 1 amide bonds. The summed E-state index contributed by atoms with van der Waals surface area (Å²) in [5.41, 5.74) is 6.36. The van der Waals surface area contributed by atoms with Crippen LogP contribution in [0.4, 0.5) is 11.5 Å². The van der Waals surface area contributed by atoms with E-state index in [9.17, 15) is 4.79 Å². The van der Waals surface area contributed by atoms with Crippen LogP contribution in [0.2, 0.25) is 0 Å². The van der Waals surface area contributed by atoms with Crippen LogP contribution >= 0.6 is 0 Å². The molecule has 2 heterocycles. The highest BCUT2D eigenvalue weighted by molar-refractivity contribution is 5.93. The number of hydrogen-bond acceptors (Lipinski definition) is 4. The monoisotopic (exact) mass is 343 g/mol. The molecule has 0 radical (unpaired) electrons. The van der Waals surface area contributed by atoms with E-state index in [1.165, 1.54) is 0 Å².